The molecule has 27 heavy (non-hydrogen) atoms. The molecule has 0 aliphatic heterocycles. The van der Waals surface area contributed by atoms with E-state index in [0.29, 0.717) is 29.2 Å². The van der Waals surface area contributed by atoms with Crippen LogP contribution in [0.4, 0.5) is 0 Å². The van der Waals surface area contributed by atoms with Gasteiger partial charge in [-0.2, -0.15) is 0 Å². The summed E-state index contributed by atoms with van der Waals surface area (Å²) < 4.78 is 0. The summed E-state index contributed by atoms with van der Waals surface area (Å²) in [5, 5.41) is 9.08. The highest BCUT2D eigenvalue weighted by Crippen LogP contribution is 2.52. The van der Waals surface area contributed by atoms with Gasteiger partial charge in [-0.15, -0.1) is 0 Å². The van der Waals surface area contributed by atoms with E-state index >= 15 is 0 Å². The maximum atomic E-state index is 11.0. The Morgan fingerprint density at radius 3 is 2.85 bits per heavy atom. The Hall–Kier alpha value is -1.57. The zero-order chi connectivity index (χ0) is 19.6. The number of fused-ring (bicyclic) bond motifs is 4. The quantitative estimate of drug-likeness (QED) is 0.425. The van der Waals surface area contributed by atoms with Gasteiger partial charge in [0, 0.05) is 5.57 Å². The summed E-state index contributed by atoms with van der Waals surface area (Å²) in [4.78, 5) is 11.0. The summed E-state index contributed by atoms with van der Waals surface area (Å²) in [5.74, 6) is 1.82. The minimum atomic E-state index is -0.793. The normalized spacial score (nSPS) is 30.2. The molecule has 0 aromatic rings. The molecule has 2 bridgehead atoms. The van der Waals surface area contributed by atoms with Crippen LogP contribution in [0.1, 0.15) is 78.6 Å². The molecule has 3 rings (SSSR count). The first-order chi connectivity index (χ1) is 12.9. The highest BCUT2D eigenvalue weighted by molar-refractivity contribution is 5.85. The third kappa shape index (κ3) is 4.47. The maximum absolute atomic E-state index is 11.0. The molecule has 4 atom stereocenters. The first-order valence-corrected chi connectivity index (χ1v) is 10.8. The van der Waals surface area contributed by atoms with E-state index in [1.165, 1.54) is 44.1 Å². The smallest absolute Gasteiger partial charge is 0.330 e. The molecule has 0 saturated heterocycles. The molecule has 0 radical (unpaired) electrons. The average Bonchev–Trinajstić information content (AvgIpc) is 2.93. The van der Waals surface area contributed by atoms with Crippen LogP contribution < -0.4 is 0 Å². The van der Waals surface area contributed by atoms with Crippen molar-refractivity contribution >= 4 is 5.97 Å². The van der Waals surface area contributed by atoms with Crippen LogP contribution in [0.25, 0.3) is 0 Å². The Balaban J connectivity index is 1.81. The van der Waals surface area contributed by atoms with Gasteiger partial charge in [0.05, 0.1) is 0 Å². The number of carboxylic acid groups (broad SMARTS) is 1. The van der Waals surface area contributed by atoms with Gasteiger partial charge in [0.25, 0.3) is 0 Å². The van der Waals surface area contributed by atoms with Crippen LogP contribution >= 0.6 is 0 Å². The SMILES string of the molecule is C=C1CCC=C2CCC3=C(C)CCC(C(C)CCC=C(C)C(=O)O)C3C1C2. The molecule has 1 N–H and O–H groups in total. The molecule has 2 nitrogen and oxygen atoms in total. The monoisotopic (exact) mass is 368 g/mol. The molecular formula is C25H36O2. The molecule has 0 aromatic carbocycles. The van der Waals surface area contributed by atoms with E-state index in [-0.39, 0.29) is 0 Å². The van der Waals surface area contributed by atoms with E-state index < -0.39 is 5.97 Å². The van der Waals surface area contributed by atoms with E-state index in [1.807, 2.05) is 6.08 Å². The van der Waals surface area contributed by atoms with Gasteiger partial charge >= 0.3 is 5.97 Å². The Kier molecular flexibility index (Phi) is 6.44. The Labute approximate surface area is 165 Å². The van der Waals surface area contributed by atoms with Crippen LogP contribution in [0.3, 0.4) is 0 Å². The largest absolute Gasteiger partial charge is 0.478 e. The van der Waals surface area contributed by atoms with Crippen molar-refractivity contribution in [3.63, 3.8) is 0 Å². The van der Waals surface area contributed by atoms with Crippen molar-refractivity contribution in [3.05, 3.63) is 46.6 Å². The number of rotatable bonds is 5. The zero-order valence-corrected chi connectivity index (χ0v) is 17.4. The lowest BCUT2D eigenvalue weighted by Crippen LogP contribution is -2.33. The van der Waals surface area contributed by atoms with Crippen LogP contribution in [-0.2, 0) is 4.79 Å². The molecule has 148 valence electrons. The van der Waals surface area contributed by atoms with E-state index in [9.17, 15) is 4.79 Å². The van der Waals surface area contributed by atoms with Crippen molar-refractivity contribution < 1.29 is 9.90 Å². The number of allylic oxidation sites excluding steroid dienone is 6. The van der Waals surface area contributed by atoms with Gasteiger partial charge in [-0.05, 0) is 95.3 Å². The second kappa shape index (κ2) is 8.63. The van der Waals surface area contributed by atoms with Crippen molar-refractivity contribution in [1.29, 1.82) is 0 Å². The fourth-order valence-electron chi connectivity index (χ4n) is 5.73. The van der Waals surface area contributed by atoms with Gasteiger partial charge in [-0.3, -0.25) is 0 Å². The lowest BCUT2D eigenvalue weighted by molar-refractivity contribution is -0.132. The summed E-state index contributed by atoms with van der Waals surface area (Å²) in [6, 6.07) is 0. The lowest BCUT2D eigenvalue weighted by atomic mass is 9.62. The summed E-state index contributed by atoms with van der Waals surface area (Å²) in [7, 11) is 0. The summed E-state index contributed by atoms with van der Waals surface area (Å²) in [5.41, 5.74) is 7.00. The van der Waals surface area contributed by atoms with Gasteiger partial charge in [0.15, 0.2) is 0 Å². The minimum Gasteiger partial charge on any atom is -0.478 e. The number of aliphatic carboxylic acids is 1. The molecule has 1 fully saturated rings. The highest BCUT2D eigenvalue weighted by atomic mass is 16.4. The third-order valence-corrected chi connectivity index (χ3v) is 7.46. The molecule has 0 aromatic heterocycles. The molecule has 3 aliphatic carbocycles. The van der Waals surface area contributed by atoms with Gasteiger partial charge in [-0.1, -0.05) is 47.9 Å². The number of carboxylic acids is 1. The van der Waals surface area contributed by atoms with Crippen molar-refractivity contribution in [1.82, 2.24) is 0 Å². The first kappa shape index (κ1) is 20.2. The van der Waals surface area contributed by atoms with Gasteiger partial charge < -0.3 is 5.11 Å². The van der Waals surface area contributed by atoms with Gasteiger partial charge in [0.1, 0.15) is 0 Å². The van der Waals surface area contributed by atoms with Crippen molar-refractivity contribution in [2.75, 3.05) is 0 Å². The zero-order valence-electron chi connectivity index (χ0n) is 17.4. The van der Waals surface area contributed by atoms with Gasteiger partial charge in [0.2, 0.25) is 0 Å². The van der Waals surface area contributed by atoms with Crippen LogP contribution in [0.2, 0.25) is 0 Å². The molecular weight excluding hydrogens is 332 g/mol. The lowest BCUT2D eigenvalue weighted by Gasteiger charge is -2.42. The maximum Gasteiger partial charge on any atom is 0.330 e. The van der Waals surface area contributed by atoms with Crippen LogP contribution in [0.5, 0.6) is 0 Å². The van der Waals surface area contributed by atoms with E-state index in [0.717, 1.165) is 19.3 Å². The molecule has 0 heterocycles. The average molecular weight is 369 g/mol. The number of carbonyl (C=O) groups is 1. The van der Waals surface area contributed by atoms with Crippen molar-refractivity contribution in [2.45, 2.75) is 78.6 Å². The van der Waals surface area contributed by atoms with Gasteiger partial charge in [-0.25, -0.2) is 4.79 Å². The first-order valence-electron chi connectivity index (χ1n) is 10.8. The number of hydrogen-bond donors (Lipinski definition) is 1. The highest BCUT2D eigenvalue weighted by Gasteiger charge is 2.41. The molecule has 0 spiro atoms. The summed E-state index contributed by atoms with van der Waals surface area (Å²) in [6.07, 6.45) is 14.9. The molecule has 0 amide bonds. The Bertz CT molecular complexity index is 691. The molecule has 3 aliphatic rings. The predicted octanol–water partition coefficient (Wildman–Crippen LogP) is 6.85. The standard InChI is InChI=1S/C25H36O2/c1-16(7-5-9-19(4)25(26)27)21-13-11-18(3)22-14-12-20-10-6-8-17(2)23(15-20)24(21)22/h9-10,16,21,23-24H,2,5-8,11-15H2,1,3-4H3,(H,26,27). The molecule has 4 unspecified atom stereocenters. The summed E-state index contributed by atoms with van der Waals surface area (Å²) >= 11 is 0. The topological polar surface area (TPSA) is 37.3 Å². The predicted molar refractivity (Wildman–Crippen MR) is 113 cm³/mol. The Morgan fingerprint density at radius 1 is 1.33 bits per heavy atom. The Morgan fingerprint density at radius 2 is 2.11 bits per heavy atom. The fraction of sp³-hybridized carbons (Fsp3) is 0.640. The second-order valence-corrected chi connectivity index (χ2v) is 9.15. The van der Waals surface area contributed by atoms with Crippen molar-refractivity contribution in [3.8, 4) is 0 Å². The number of hydrogen-bond acceptors (Lipinski definition) is 1. The van der Waals surface area contributed by atoms with Crippen LogP contribution in [0, 0.1) is 23.7 Å². The van der Waals surface area contributed by atoms with E-state index in [1.54, 1.807) is 23.6 Å². The third-order valence-electron chi connectivity index (χ3n) is 7.46. The van der Waals surface area contributed by atoms with E-state index in [4.69, 9.17) is 5.11 Å². The van der Waals surface area contributed by atoms with E-state index in [2.05, 4.69) is 26.5 Å². The van der Waals surface area contributed by atoms with Crippen LogP contribution in [-0.4, -0.2) is 11.1 Å². The minimum absolute atomic E-state index is 0.476. The fourth-order valence-corrected chi connectivity index (χ4v) is 5.73. The van der Waals surface area contributed by atoms with Crippen molar-refractivity contribution in [2.24, 2.45) is 23.7 Å². The summed E-state index contributed by atoms with van der Waals surface area (Å²) in [6.45, 7) is 11.0. The van der Waals surface area contributed by atoms with Crippen LogP contribution in [0.15, 0.2) is 46.6 Å². The molecule has 1 saturated carbocycles. The molecule has 2 heteroatoms. The second-order valence-electron chi connectivity index (χ2n) is 9.15.